The molecule has 0 aliphatic rings. The molecule has 3 heteroatoms. The van der Waals surface area contributed by atoms with Gasteiger partial charge < -0.3 is 14.3 Å². The molecule has 3 aromatic rings. The van der Waals surface area contributed by atoms with Crippen molar-refractivity contribution in [1.29, 1.82) is 0 Å². The lowest BCUT2D eigenvalue weighted by molar-refractivity contribution is 0.424. The lowest BCUT2D eigenvalue weighted by Crippen LogP contribution is -2.22. The normalized spacial score (nSPS) is 12.9. The molecule has 1 N–H and O–H groups in total. The van der Waals surface area contributed by atoms with E-state index in [1.54, 1.807) is 6.26 Å². The summed E-state index contributed by atoms with van der Waals surface area (Å²) < 4.78 is 7.76. The van der Waals surface area contributed by atoms with Crippen LogP contribution in [-0.4, -0.2) is 11.1 Å². The lowest BCUT2D eigenvalue weighted by atomic mass is 10.1. The topological polar surface area (TPSA) is 30.1 Å². The number of fused-ring (bicyclic) bond motifs is 1. The molecular formula is C18H22N2O. The lowest BCUT2D eigenvalue weighted by Gasteiger charge is -2.13. The van der Waals surface area contributed by atoms with E-state index in [4.69, 9.17) is 4.42 Å². The molecule has 1 atom stereocenters. The van der Waals surface area contributed by atoms with Crippen LogP contribution in [0.2, 0.25) is 0 Å². The van der Waals surface area contributed by atoms with Crippen molar-refractivity contribution in [3.8, 4) is 0 Å². The van der Waals surface area contributed by atoms with Crippen LogP contribution in [0, 0.1) is 0 Å². The number of benzene rings is 1. The Kier molecular flexibility index (Phi) is 4.11. The quantitative estimate of drug-likeness (QED) is 0.736. The van der Waals surface area contributed by atoms with E-state index < -0.39 is 0 Å². The van der Waals surface area contributed by atoms with Crippen LogP contribution in [0.15, 0.2) is 53.3 Å². The molecule has 3 nitrogen and oxygen atoms in total. The van der Waals surface area contributed by atoms with Crippen LogP contribution in [0.4, 0.5) is 0 Å². The Bertz CT molecular complexity index is 697. The zero-order valence-corrected chi connectivity index (χ0v) is 12.7. The third-order valence-corrected chi connectivity index (χ3v) is 4.03. The Labute approximate surface area is 125 Å². The first-order valence-electron chi connectivity index (χ1n) is 7.63. The van der Waals surface area contributed by atoms with Gasteiger partial charge in [-0.15, -0.1) is 0 Å². The first-order valence-corrected chi connectivity index (χ1v) is 7.63. The number of nitrogens with zero attached hydrogens (tertiary/aromatic N) is 1. The largest absolute Gasteiger partial charge is 0.468 e. The summed E-state index contributed by atoms with van der Waals surface area (Å²) in [7, 11) is 0. The minimum absolute atomic E-state index is 0.243. The Morgan fingerprint density at radius 3 is 2.86 bits per heavy atom. The highest BCUT2D eigenvalue weighted by Crippen LogP contribution is 2.21. The van der Waals surface area contributed by atoms with Crippen LogP contribution in [-0.2, 0) is 13.0 Å². The molecule has 0 spiro atoms. The Morgan fingerprint density at radius 2 is 2.10 bits per heavy atom. The number of nitrogens with one attached hydrogen (secondary N) is 1. The van der Waals surface area contributed by atoms with Crippen molar-refractivity contribution in [2.45, 2.75) is 32.9 Å². The van der Waals surface area contributed by atoms with Crippen LogP contribution >= 0.6 is 0 Å². The second-order valence-electron chi connectivity index (χ2n) is 5.41. The first-order chi connectivity index (χ1) is 10.3. The molecule has 0 fully saturated rings. The fraction of sp³-hybridized carbons (Fsp3) is 0.333. The van der Waals surface area contributed by atoms with Gasteiger partial charge >= 0.3 is 0 Å². The Morgan fingerprint density at radius 1 is 1.19 bits per heavy atom. The molecule has 3 rings (SSSR count). The second-order valence-corrected chi connectivity index (χ2v) is 5.41. The maximum Gasteiger partial charge on any atom is 0.120 e. The van der Waals surface area contributed by atoms with Crippen LogP contribution in [0.1, 0.15) is 31.2 Å². The zero-order chi connectivity index (χ0) is 14.7. The maximum absolute atomic E-state index is 5.42. The summed E-state index contributed by atoms with van der Waals surface area (Å²) in [5, 5.41) is 4.84. The van der Waals surface area contributed by atoms with Gasteiger partial charge in [-0.1, -0.05) is 25.1 Å². The second kappa shape index (κ2) is 6.19. The van der Waals surface area contributed by atoms with Crippen molar-refractivity contribution >= 4 is 10.9 Å². The van der Waals surface area contributed by atoms with Crippen molar-refractivity contribution in [2.75, 3.05) is 6.54 Å². The highest BCUT2D eigenvalue weighted by Gasteiger charge is 2.08. The number of furan rings is 1. The van der Waals surface area contributed by atoms with E-state index in [0.29, 0.717) is 0 Å². The zero-order valence-electron chi connectivity index (χ0n) is 12.7. The summed E-state index contributed by atoms with van der Waals surface area (Å²) in [6.45, 7) is 6.22. The summed E-state index contributed by atoms with van der Waals surface area (Å²) in [4.78, 5) is 0. The van der Waals surface area contributed by atoms with Crippen LogP contribution in [0.3, 0.4) is 0 Å². The smallest absolute Gasteiger partial charge is 0.120 e. The van der Waals surface area contributed by atoms with Crippen LogP contribution < -0.4 is 5.32 Å². The molecule has 1 unspecified atom stereocenters. The summed E-state index contributed by atoms with van der Waals surface area (Å²) in [5.74, 6) is 0.988. The van der Waals surface area contributed by atoms with Crippen molar-refractivity contribution in [1.82, 2.24) is 9.88 Å². The molecule has 2 aromatic heterocycles. The number of aryl methyl sites for hydroxylation is 1. The molecule has 0 saturated heterocycles. The molecule has 1 aromatic carbocycles. The van der Waals surface area contributed by atoms with E-state index >= 15 is 0 Å². The van der Waals surface area contributed by atoms with Gasteiger partial charge in [-0.05, 0) is 42.5 Å². The Hall–Kier alpha value is -2.00. The van der Waals surface area contributed by atoms with Gasteiger partial charge in [0, 0.05) is 19.3 Å². The van der Waals surface area contributed by atoms with E-state index in [0.717, 1.165) is 25.3 Å². The average molecular weight is 282 g/mol. The van der Waals surface area contributed by atoms with E-state index in [1.165, 1.54) is 16.5 Å². The van der Waals surface area contributed by atoms with Crippen molar-refractivity contribution in [3.63, 3.8) is 0 Å². The fourth-order valence-electron chi connectivity index (χ4n) is 2.85. The monoisotopic (exact) mass is 282 g/mol. The van der Waals surface area contributed by atoms with Crippen molar-refractivity contribution < 1.29 is 4.42 Å². The van der Waals surface area contributed by atoms with Gasteiger partial charge in [-0.2, -0.15) is 0 Å². The standard InChI is InChI=1S/C18H22N2O/c1-3-15-6-4-7-16-9-11-20(18(15)16)12-10-19-14(2)17-8-5-13-21-17/h4-9,11,13-14,19H,3,10,12H2,1-2H3. The number of hydrogen-bond donors (Lipinski definition) is 1. The molecule has 0 radical (unpaired) electrons. The SMILES string of the molecule is CCc1cccc2ccn(CCNC(C)c3ccco3)c12. The van der Waals surface area contributed by atoms with Gasteiger partial charge in [0.1, 0.15) is 5.76 Å². The van der Waals surface area contributed by atoms with Gasteiger partial charge in [0.2, 0.25) is 0 Å². The van der Waals surface area contributed by atoms with Gasteiger partial charge in [-0.3, -0.25) is 0 Å². The number of hydrogen-bond acceptors (Lipinski definition) is 2. The molecular weight excluding hydrogens is 260 g/mol. The fourth-order valence-corrected chi connectivity index (χ4v) is 2.85. The number of aromatic nitrogens is 1. The minimum atomic E-state index is 0.243. The van der Waals surface area contributed by atoms with Crippen molar-refractivity contribution in [3.05, 3.63) is 60.2 Å². The summed E-state index contributed by atoms with van der Waals surface area (Å²) in [5.41, 5.74) is 2.78. The van der Waals surface area contributed by atoms with Gasteiger partial charge in [0.15, 0.2) is 0 Å². The summed E-state index contributed by atoms with van der Waals surface area (Å²) >= 11 is 0. The first kappa shape index (κ1) is 14.0. The molecule has 0 bridgehead atoms. The number of rotatable bonds is 6. The molecule has 110 valence electrons. The number of para-hydroxylation sites is 1. The molecule has 0 aliphatic carbocycles. The van der Waals surface area contributed by atoms with Gasteiger partial charge in [-0.25, -0.2) is 0 Å². The third kappa shape index (κ3) is 2.88. The molecule has 21 heavy (non-hydrogen) atoms. The Balaban J connectivity index is 1.68. The molecule has 0 aliphatic heterocycles. The predicted octanol–water partition coefficient (Wildman–Crippen LogP) is 4.15. The summed E-state index contributed by atoms with van der Waals surface area (Å²) in [6.07, 6.45) is 4.97. The third-order valence-electron chi connectivity index (χ3n) is 4.03. The average Bonchev–Trinajstić information content (AvgIpc) is 3.16. The van der Waals surface area contributed by atoms with E-state index in [-0.39, 0.29) is 6.04 Å². The van der Waals surface area contributed by atoms with Gasteiger partial charge in [0.25, 0.3) is 0 Å². The maximum atomic E-state index is 5.42. The highest BCUT2D eigenvalue weighted by molar-refractivity contribution is 5.83. The van der Waals surface area contributed by atoms with E-state index in [1.807, 2.05) is 12.1 Å². The molecule has 0 saturated carbocycles. The van der Waals surface area contributed by atoms with E-state index in [9.17, 15) is 0 Å². The minimum Gasteiger partial charge on any atom is -0.468 e. The van der Waals surface area contributed by atoms with Crippen LogP contribution in [0.5, 0.6) is 0 Å². The summed E-state index contributed by atoms with van der Waals surface area (Å²) in [6, 6.07) is 12.9. The highest BCUT2D eigenvalue weighted by atomic mass is 16.3. The van der Waals surface area contributed by atoms with Gasteiger partial charge in [0.05, 0.1) is 17.8 Å². The van der Waals surface area contributed by atoms with Crippen LogP contribution in [0.25, 0.3) is 10.9 Å². The van der Waals surface area contributed by atoms with E-state index in [2.05, 4.69) is 54.2 Å². The predicted molar refractivity (Wildman–Crippen MR) is 86.4 cm³/mol. The van der Waals surface area contributed by atoms with Crippen molar-refractivity contribution in [2.24, 2.45) is 0 Å². The molecule has 0 amide bonds. The molecule has 2 heterocycles.